The number of aromatic nitrogens is 2. The molecular weight excluding hydrogens is 356 g/mol. The third kappa shape index (κ3) is 6.61. The Morgan fingerprint density at radius 2 is 1.81 bits per heavy atom. The van der Waals surface area contributed by atoms with Crippen molar-refractivity contribution in [2.75, 3.05) is 31.1 Å². The predicted molar refractivity (Wildman–Crippen MR) is 113 cm³/mol. The molecule has 0 saturated carbocycles. The van der Waals surface area contributed by atoms with Crippen molar-refractivity contribution >= 4 is 22.6 Å². The molecule has 5 nitrogen and oxygen atoms in total. The van der Waals surface area contributed by atoms with E-state index in [0.29, 0.717) is 18.9 Å². The Labute approximate surface area is 167 Å². The molecule has 0 aliphatic carbocycles. The minimum absolute atomic E-state index is 0.207. The van der Waals surface area contributed by atoms with E-state index in [9.17, 15) is 4.79 Å². The van der Waals surface area contributed by atoms with Crippen molar-refractivity contribution in [2.24, 2.45) is 5.92 Å². The van der Waals surface area contributed by atoms with Crippen LogP contribution in [0.2, 0.25) is 0 Å². The first kappa shape index (κ1) is 21.4. The van der Waals surface area contributed by atoms with E-state index in [0.717, 1.165) is 37.0 Å². The molecule has 27 heavy (non-hydrogen) atoms. The molecular formula is C21H32N4OS. The molecule has 0 unspecified atom stereocenters. The van der Waals surface area contributed by atoms with E-state index >= 15 is 0 Å². The highest BCUT2D eigenvalue weighted by molar-refractivity contribution is 7.09. The molecule has 6 heteroatoms. The Hall–Kier alpha value is -1.95. The van der Waals surface area contributed by atoms with Crippen LogP contribution in [-0.4, -0.2) is 46.3 Å². The zero-order valence-electron chi connectivity index (χ0n) is 17.2. The van der Waals surface area contributed by atoms with Crippen molar-refractivity contribution in [3.05, 3.63) is 41.2 Å². The number of anilines is 1. The van der Waals surface area contributed by atoms with Crippen LogP contribution in [0, 0.1) is 12.8 Å². The normalized spacial score (nSPS) is 11.0. The lowest BCUT2D eigenvalue weighted by Gasteiger charge is -2.25. The highest BCUT2D eigenvalue weighted by Gasteiger charge is 2.17. The molecule has 1 aromatic carbocycles. The minimum atomic E-state index is 0.207. The van der Waals surface area contributed by atoms with Crippen LogP contribution in [0.4, 0.5) is 5.13 Å². The smallest absolute Gasteiger partial charge is 0.224 e. The van der Waals surface area contributed by atoms with Gasteiger partial charge in [0.15, 0.2) is 0 Å². The summed E-state index contributed by atoms with van der Waals surface area (Å²) < 4.78 is 4.55. The summed E-state index contributed by atoms with van der Waals surface area (Å²) in [7, 11) is 0. The quantitative estimate of drug-likeness (QED) is 0.613. The zero-order chi connectivity index (χ0) is 19.8. The van der Waals surface area contributed by atoms with Crippen molar-refractivity contribution in [1.82, 2.24) is 14.3 Å². The molecule has 0 fully saturated rings. The van der Waals surface area contributed by atoms with Crippen molar-refractivity contribution in [3.63, 3.8) is 0 Å². The number of hydrogen-bond donors (Lipinski definition) is 0. The lowest BCUT2D eigenvalue weighted by molar-refractivity contribution is -0.130. The number of benzene rings is 1. The first-order valence-electron chi connectivity index (χ1n) is 9.83. The number of rotatable bonds is 10. The van der Waals surface area contributed by atoms with Gasteiger partial charge in [0.2, 0.25) is 11.0 Å². The van der Waals surface area contributed by atoms with Gasteiger partial charge in [-0.15, -0.1) is 0 Å². The maximum atomic E-state index is 12.4. The Bertz CT molecular complexity index is 707. The maximum absolute atomic E-state index is 12.4. The van der Waals surface area contributed by atoms with Gasteiger partial charge in [-0.05, 0) is 32.3 Å². The molecule has 2 rings (SSSR count). The number of carbonyl (C=O) groups excluding carboxylic acids is 1. The summed E-state index contributed by atoms with van der Waals surface area (Å²) in [6.45, 7) is 13.6. The van der Waals surface area contributed by atoms with Gasteiger partial charge in [-0.3, -0.25) is 4.79 Å². The number of aryl methyl sites for hydroxylation is 1. The van der Waals surface area contributed by atoms with Crippen LogP contribution in [-0.2, 0) is 11.2 Å². The Kier molecular flexibility index (Phi) is 8.23. The molecule has 0 aliphatic rings. The summed E-state index contributed by atoms with van der Waals surface area (Å²) in [4.78, 5) is 21.2. The molecule has 1 amide bonds. The minimum Gasteiger partial charge on any atom is -0.346 e. The fraction of sp³-hybridized carbons (Fsp3) is 0.571. The SMILES string of the molecule is CCN(CC)C(=O)CCN(CC(C)C)c1nc(Cc2ccc(C)cc2)ns1. The van der Waals surface area contributed by atoms with Gasteiger partial charge in [-0.1, -0.05) is 43.7 Å². The average molecular weight is 389 g/mol. The second-order valence-corrected chi connectivity index (χ2v) is 8.04. The largest absolute Gasteiger partial charge is 0.346 e. The Morgan fingerprint density at radius 1 is 1.15 bits per heavy atom. The van der Waals surface area contributed by atoms with E-state index in [4.69, 9.17) is 4.98 Å². The summed E-state index contributed by atoms with van der Waals surface area (Å²) in [5, 5.41) is 0.915. The molecule has 0 bridgehead atoms. The maximum Gasteiger partial charge on any atom is 0.224 e. The van der Waals surface area contributed by atoms with Crippen LogP contribution < -0.4 is 4.90 Å². The lowest BCUT2D eigenvalue weighted by atomic mass is 10.1. The number of carbonyl (C=O) groups is 1. The first-order chi connectivity index (χ1) is 12.9. The van der Waals surface area contributed by atoms with Gasteiger partial charge in [-0.25, -0.2) is 4.98 Å². The predicted octanol–water partition coefficient (Wildman–Crippen LogP) is 4.16. The molecule has 0 spiro atoms. The summed E-state index contributed by atoms with van der Waals surface area (Å²) in [6.07, 6.45) is 1.26. The van der Waals surface area contributed by atoms with Crippen LogP contribution in [0.5, 0.6) is 0 Å². The molecule has 1 aromatic heterocycles. The van der Waals surface area contributed by atoms with Crippen molar-refractivity contribution < 1.29 is 4.79 Å². The monoisotopic (exact) mass is 388 g/mol. The van der Waals surface area contributed by atoms with E-state index in [1.807, 2.05) is 18.7 Å². The van der Waals surface area contributed by atoms with Crippen LogP contribution in [0.3, 0.4) is 0 Å². The Morgan fingerprint density at radius 3 is 2.41 bits per heavy atom. The highest BCUT2D eigenvalue weighted by atomic mass is 32.1. The summed E-state index contributed by atoms with van der Waals surface area (Å²) in [5.41, 5.74) is 2.48. The van der Waals surface area contributed by atoms with Gasteiger partial charge in [0.1, 0.15) is 5.82 Å². The van der Waals surface area contributed by atoms with Gasteiger partial charge >= 0.3 is 0 Å². The fourth-order valence-electron chi connectivity index (χ4n) is 3.00. The van der Waals surface area contributed by atoms with E-state index in [1.165, 1.54) is 22.7 Å². The van der Waals surface area contributed by atoms with Gasteiger partial charge in [0, 0.05) is 50.6 Å². The van der Waals surface area contributed by atoms with Gasteiger partial charge in [0.25, 0.3) is 0 Å². The van der Waals surface area contributed by atoms with Gasteiger partial charge in [-0.2, -0.15) is 4.37 Å². The molecule has 0 atom stereocenters. The van der Waals surface area contributed by atoms with Gasteiger partial charge < -0.3 is 9.80 Å². The summed E-state index contributed by atoms with van der Waals surface area (Å²) in [5.74, 6) is 1.55. The zero-order valence-corrected chi connectivity index (χ0v) is 18.1. The van der Waals surface area contributed by atoms with Gasteiger partial charge in [0.05, 0.1) is 0 Å². The van der Waals surface area contributed by atoms with E-state index in [-0.39, 0.29) is 5.91 Å². The van der Waals surface area contributed by atoms with E-state index < -0.39 is 0 Å². The average Bonchev–Trinajstić information content (AvgIpc) is 3.09. The Balaban J connectivity index is 2.04. The van der Waals surface area contributed by atoms with E-state index in [2.05, 4.69) is 54.3 Å². The van der Waals surface area contributed by atoms with E-state index in [1.54, 1.807) is 0 Å². The fourth-order valence-corrected chi connectivity index (χ4v) is 3.72. The van der Waals surface area contributed by atoms with Crippen molar-refractivity contribution in [2.45, 2.75) is 47.5 Å². The van der Waals surface area contributed by atoms with Crippen LogP contribution in [0.15, 0.2) is 24.3 Å². The lowest BCUT2D eigenvalue weighted by Crippen LogP contribution is -2.35. The molecule has 0 radical (unpaired) electrons. The molecule has 0 N–H and O–H groups in total. The first-order valence-corrected chi connectivity index (χ1v) is 10.6. The summed E-state index contributed by atoms with van der Waals surface area (Å²) >= 11 is 1.43. The molecule has 2 aromatic rings. The van der Waals surface area contributed by atoms with Crippen molar-refractivity contribution in [3.8, 4) is 0 Å². The molecule has 0 saturated heterocycles. The summed E-state index contributed by atoms with van der Waals surface area (Å²) in [6, 6.07) is 8.49. The highest BCUT2D eigenvalue weighted by Crippen LogP contribution is 2.21. The second-order valence-electron chi connectivity index (χ2n) is 7.31. The molecule has 0 aliphatic heterocycles. The standard InChI is InChI=1S/C21H32N4OS/c1-6-24(7-2)20(26)12-13-25(15-16(3)4)21-22-19(23-27-21)14-18-10-8-17(5)9-11-18/h8-11,16H,6-7,12-15H2,1-5H3. The molecule has 1 heterocycles. The number of hydrogen-bond acceptors (Lipinski definition) is 5. The number of amides is 1. The van der Waals surface area contributed by atoms with Crippen LogP contribution in [0.1, 0.15) is 51.1 Å². The van der Waals surface area contributed by atoms with Crippen LogP contribution in [0.25, 0.3) is 0 Å². The molecule has 148 valence electrons. The topological polar surface area (TPSA) is 49.3 Å². The van der Waals surface area contributed by atoms with Crippen molar-refractivity contribution in [1.29, 1.82) is 0 Å². The van der Waals surface area contributed by atoms with Crippen LogP contribution >= 0.6 is 11.5 Å². The third-order valence-electron chi connectivity index (χ3n) is 4.51. The third-order valence-corrected chi connectivity index (χ3v) is 5.32. The second kappa shape index (κ2) is 10.4. The number of nitrogens with zero attached hydrogens (tertiary/aromatic N) is 4.